The van der Waals surface area contributed by atoms with Gasteiger partial charge in [-0.15, -0.1) is 11.6 Å². The van der Waals surface area contributed by atoms with Crippen molar-refractivity contribution < 1.29 is 9.53 Å². The van der Waals surface area contributed by atoms with Crippen molar-refractivity contribution in [1.29, 1.82) is 0 Å². The van der Waals surface area contributed by atoms with Gasteiger partial charge in [0.25, 0.3) is 5.91 Å². The van der Waals surface area contributed by atoms with E-state index in [-0.39, 0.29) is 11.4 Å². The molecule has 20 heavy (non-hydrogen) atoms. The van der Waals surface area contributed by atoms with Crippen LogP contribution in [0.15, 0.2) is 24.3 Å². The Morgan fingerprint density at radius 1 is 1.40 bits per heavy atom. The zero-order chi connectivity index (χ0) is 14.6. The zero-order valence-electron chi connectivity index (χ0n) is 12.1. The first kappa shape index (κ1) is 15.2. The number of hydrogen-bond acceptors (Lipinski definition) is 2. The van der Waals surface area contributed by atoms with Crippen molar-refractivity contribution in [2.75, 3.05) is 13.0 Å². The fourth-order valence-corrected chi connectivity index (χ4v) is 3.08. The Kier molecular flexibility index (Phi) is 4.92. The average molecular weight is 296 g/mol. The van der Waals surface area contributed by atoms with Gasteiger partial charge in [-0.05, 0) is 43.7 Å². The monoisotopic (exact) mass is 295 g/mol. The molecule has 0 unspecified atom stereocenters. The van der Waals surface area contributed by atoms with Crippen LogP contribution in [0.1, 0.15) is 43.0 Å². The summed E-state index contributed by atoms with van der Waals surface area (Å²) in [5.41, 5.74) is 0.296. The van der Waals surface area contributed by atoms with E-state index in [4.69, 9.17) is 16.3 Å². The lowest BCUT2D eigenvalue weighted by atomic mass is 9.78. The highest BCUT2D eigenvalue weighted by Gasteiger charge is 2.35. The van der Waals surface area contributed by atoms with Crippen LogP contribution < -0.4 is 10.1 Å². The molecule has 1 amide bonds. The third-order valence-corrected chi connectivity index (χ3v) is 4.73. The van der Waals surface area contributed by atoms with Crippen LogP contribution in [-0.2, 0) is 0 Å². The molecule has 2 rings (SSSR count). The van der Waals surface area contributed by atoms with E-state index in [0.717, 1.165) is 31.6 Å². The highest BCUT2D eigenvalue weighted by atomic mass is 35.5. The molecule has 0 radical (unpaired) electrons. The van der Waals surface area contributed by atoms with Crippen molar-refractivity contribution in [1.82, 2.24) is 5.32 Å². The molecule has 1 aromatic rings. The molecule has 0 bridgehead atoms. The second-order valence-corrected chi connectivity index (χ2v) is 6.02. The smallest absolute Gasteiger partial charge is 0.255 e. The highest BCUT2D eigenvalue weighted by molar-refractivity contribution is 6.19. The summed E-state index contributed by atoms with van der Waals surface area (Å²) >= 11 is 6.14. The first-order valence-corrected chi connectivity index (χ1v) is 7.65. The van der Waals surface area contributed by atoms with Gasteiger partial charge in [0.2, 0.25) is 0 Å². The number of rotatable bonds is 4. The third kappa shape index (κ3) is 3.26. The van der Waals surface area contributed by atoms with Gasteiger partial charge in [0.15, 0.2) is 0 Å². The van der Waals surface area contributed by atoms with Crippen LogP contribution in [0.25, 0.3) is 0 Å². The van der Waals surface area contributed by atoms with E-state index in [1.54, 1.807) is 19.2 Å². The van der Waals surface area contributed by atoms with Gasteiger partial charge in [-0.1, -0.05) is 19.1 Å². The summed E-state index contributed by atoms with van der Waals surface area (Å²) in [6.07, 6.45) is 4.11. The van der Waals surface area contributed by atoms with Crippen LogP contribution in [0.3, 0.4) is 0 Å². The fourth-order valence-electron chi connectivity index (χ4n) is 2.75. The molecular weight excluding hydrogens is 274 g/mol. The van der Waals surface area contributed by atoms with Crippen molar-refractivity contribution in [3.63, 3.8) is 0 Å². The van der Waals surface area contributed by atoms with Gasteiger partial charge in [-0.25, -0.2) is 0 Å². The molecular formula is C16H22ClNO2. The number of halogens is 1. The van der Waals surface area contributed by atoms with Crippen molar-refractivity contribution >= 4 is 17.5 Å². The average Bonchev–Trinajstić information content (AvgIpc) is 2.49. The number of carbonyl (C=O) groups excluding carboxylic acids is 1. The molecule has 3 nitrogen and oxygen atoms in total. The second kappa shape index (κ2) is 6.49. The molecule has 1 saturated carbocycles. The molecule has 0 aromatic heterocycles. The Bertz CT molecular complexity index is 467. The SMILES string of the molecule is COc1ccccc1C(=O)NC1(CCl)CCC(C)CC1. The third-order valence-electron chi connectivity index (χ3n) is 4.22. The maximum atomic E-state index is 12.5. The van der Waals surface area contributed by atoms with Crippen molar-refractivity contribution in [3.05, 3.63) is 29.8 Å². The maximum Gasteiger partial charge on any atom is 0.255 e. The van der Waals surface area contributed by atoms with Crippen LogP contribution in [0, 0.1) is 5.92 Å². The van der Waals surface area contributed by atoms with Crippen LogP contribution >= 0.6 is 11.6 Å². The van der Waals surface area contributed by atoms with Gasteiger partial charge in [-0.2, -0.15) is 0 Å². The minimum atomic E-state index is -0.272. The van der Waals surface area contributed by atoms with Gasteiger partial charge in [0.1, 0.15) is 5.75 Å². The number of methoxy groups -OCH3 is 1. The summed E-state index contributed by atoms with van der Waals surface area (Å²) in [7, 11) is 1.58. The Hall–Kier alpha value is -1.22. The second-order valence-electron chi connectivity index (χ2n) is 5.75. The molecule has 1 N–H and O–H groups in total. The van der Waals surface area contributed by atoms with Crippen LogP contribution in [-0.4, -0.2) is 24.4 Å². The maximum absolute atomic E-state index is 12.5. The predicted octanol–water partition coefficient (Wildman–Crippen LogP) is 3.61. The standard InChI is InChI=1S/C16H22ClNO2/c1-12-7-9-16(11-17,10-8-12)18-15(19)13-5-3-4-6-14(13)20-2/h3-6,12H,7-11H2,1-2H3,(H,18,19). The van der Waals surface area contributed by atoms with Gasteiger partial charge in [-0.3, -0.25) is 4.79 Å². The number of benzene rings is 1. The normalized spacial score (nSPS) is 26.1. The number of para-hydroxylation sites is 1. The Labute approximate surface area is 125 Å². The van der Waals surface area contributed by atoms with E-state index in [2.05, 4.69) is 12.2 Å². The molecule has 0 spiro atoms. The molecule has 1 aromatic carbocycles. The molecule has 0 saturated heterocycles. The number of carbonyl (C=O) groups is 1. The largest absolute Gasteiger partial charge is 0.496 e. The number of nitrogens with one attached hydrogen (secondary N) is 1. The van der Waals surface area contributed by atoms with E-state index in [1.165, 1.54) is 0 Å². The molecule has 1 aliphatic rings. The van der Waals surface area contributed by atoms with Gasteiger partial charge in [0, 0.05) is 5.88 Å². The molecule has 110 valence electrons. The van der Waals surface area contributed by atoms with E-state index < -0.39 is 0 Å². The van der Waals surface area contributed by atoms with E-state index in [0.29, 0.717) is 17.2 Å². The number of ether oxygens (including phenoxy) is 1. The Morgan fingerprint density at radius 2 is 2.05 bits per heavy atom. The summed E-state index contributed by atoms with van der Waals surface area (Å²) in [6.45, 7) is 2.25. The zero-order valence-corrected chi connectivity index (χ0v) is 12.9. The summed E-state index contributed by atoms with van der Waals surface area (Å²) in [6, 6.07) is 7.27. The molecule has 0 atom stereocenters. The van der Waals surface area contributed by atoms with E-state index in [9.17, 15) is 4.79 Å². The molecule has 0 heterocycles. The van der Waals surface area contributed by atoms with Crippen LogP contribution in [0.4, 0.5) is 0 Å². The molecule has 1 aliphatic carbocycles. The molecule has 1 fully saturated rings. The topological polar surface area (TPSA) is 38.3 Å². The van der Waals surface area contributed by atoms with E-state index in [1.807, 2.05) is 12.1 Å². The lowest BCUT2D eigenvalue weighted by Crippen LogP contribution is -2.52. The van der Waals surface area contributed by atoms with Crippen LogP contribution in [0.2, 0.25) is 0 Å². The number of hydrogen-bond donors (Lipinski definition) is 1. The van der Waals surface area contributed by atoms with Gasteiger partial charge in [0.05, 0.1) is 18.2 Å². The first-order valence-electron chi connectivity index (χ1n) is 7.12. The number of amides is 1. The van der Waals surface area contributed by atoms with Crippen molar-refractivity contribution in [2.24, 2.45) is 5.92 Å². The summed E-state index contributed by atoms with van der Waals surface area (Å²) < 4.78 is 5.25. The minimum absolute atomic E-state index is 0.0994. The molecule has 0 aliphatic heterocycles. The minimum Gasteiger partial charge on any atom is -0.496 e. The van der Waals surface area contributed by atoms with E-state index >= 15 is 0 Å². The van der Waals surface area contributed by atoms with Gasteiger partial charge >= 0.3 is 0 Å². The number of alkyl halides is 1. The summed E-state index contributed by atoms with van der Waals surface area (Å²) in [5.74, 6) is 1.67. The first-order chi connectivity index (χ1) is 9.60. The summed E-state index contributed by atoms with van der Waals surface area (Å²) in [4.78, 5) is 12.5. The fraction of sp³-hybridized carbons (Fsp3) is 0.562. The van der Waals surface area contributed by atoms with Crippen molar-refractivity contribution in [3.8, 4) is 5.75 Å². The Morgan fingerprint density at radius 3 is 2.65 bits per heavy atom. The highest BCUT2D eigenvalue weighted by Crippen LogP contribution is 2.33. The lowest BCUT2D eigenvalue weighted by molar-refractivity contribution is 0.0869. The van der Waals surface area contributed by atoms with Crippen molar-refractivity contribution in [2.45, 2.75) is 38.1 Å². The molecule has 4 heteroatoms. The van der Waals surface area contributed by atoms with Gasteiger partial charge < -0.3 is 10.1 Å². The summed E-state index contributed by atoms with van der Waals surface area (Å²) in [5, 5.41) is 3.14. The predicted molar refractivity (Wildman–Crippen MR) is 81.5 cm³/mol. The quantitative estimate of drug-likeness (QED) is 0.862. The Balaban J connectivity index is 2.13. The lowest BCUT2D eigenvalue weighted by Gasteiger charge is -2.38. The van der Waals surface area contributed by atoms with Crippen LogP contribution in [0.5, 0.6) is 5.75 Å².